The number of furan rings is 1. The summed E-state index contributed by atoms with van der Waals surface area (Å²) in [6.45, 7) is 12.3. The fourth-order valence-electron chi connectivity index (χ4n) is 5.55. The Balaban J connectivity index is 0.000000394. The monoisotopic (exact) mass is 697 g/mol. The van der Waals surface area contributed by atoms with Gasteiger partial charge in [-0.3, -0.25) is 4.79 Å². The van der Waals surface area contributed by atoms with Crippen LogP contribution in [0.4, 0.5) is 0 Å². The van der Waals surface area contributed by atoms with Crippen molar-refractivity contribution < 1.29 is 34.4 Å². The van der Waals surface area contributed by atoms with Gasteiger partial charge in [0, 0.05) is 43.2 Å². The van der Waals surface area contributed by atoms with Crippen LogP contribution in [0, 0.1) is 6.07 Å². The molecule has 0 aliphatic heterocycles. The number of nitrogens with zero attached hydrogens (tertiary/aromatic N) is 1. The minimum Gasteiger partial charge on any atom is -0.512 e. The molecule has 3 aromatic carbocycles. The predicted octanol–water partition coefficient (Wildman–Crippen LogP) is 8.99. The van der Waals surface area contributed by atoms with Crippen LogP contribution in [0.5, 0.6) is 0 Å². The number of aromatic nitrogens is 1. The Morgan fingerprint density at radius 2 is 1.56 bits per heavy atom. The van der Waals surface area contributed by atoms with Crippen LogP contribution in [-0.4, -0.2) is 15.9 Å². The van der Waals surface area contributed by atoms with Crippen LogP contribution in [-0.2, 0) is 35.7 Å². The first-order chi connectivity index (χ1) is 18.0. The van der Waals surface area contributed by atoms with Gasteiger partial charge in [0.25, 0.3) is 0 Å². The van der Waals surface area contributed by atoms with Gasteiger partial charge < -0.3 is 14.5 Å². The number of hydrogen-bond acceptors (Lipinski definition) is 4. The number of carbonyl (C=O) groups excluding carboxylic acids is 1. The average Bonchev–Trinajstić information content (AvgIpc) is 3.21. The van der Waals surface area contributed by atoms with Gasteiger partial charge in [-0.1, -0.05) is 27.7 Å². The Morgan fingerprint density at radius 3 is 2.15 bits per heavy atom. The molecule has 0 fully saturated rings. The maximum Gasteiger partial charge on any atom is 0.155 e. The first kappa shape index (κ1) is 28.7. The first-order valence-electron chi connectivity index (χ1n) is 13.1. The largest absolute Gasteiger partial charge is 0.512 e. The van der Waals surface area contributed by atoms with Crippen LogP contribution in [0.15, 0.2) is 77.0 Å². The van der Waals surface area contributed by atoms with Crippen molar-refractivity contribution >= 4 is 38.5 Å². The second-order valence-electron chi connectivity index (χ2n) is 11.7. The number of rotatable bonds is 2. The molecule has 0 saturated heterocycles. The molecule has 0 saturated carbocycles. The zero-order valence-electron chi connectivity index (χ0n) is 23.3. The van der Waals surface area contributed by atoms with Crippen molar-refractivity contribution in [1.82, 2.24) is 4.98 Å². The quantitative estimate of drug-likeness (QED) is 0.114. The van der Waals surface area contributed by atoms with Gasteiger partial charge in [-0.05, 0) is 95.4 Å². The maximum absolute atomic E-state index is 10.0. The number of benzene rings is 3. The molecule has 4 nitrogen and oxygen atoms in total. The van der Waals surface area contributed by atoms with Crippen molar-refractivity contribution in [3.63, 3.8) is 0 Å². The third-order valence-electron chi connectivity index (χ3n) is 7.70. The predicted molar refractivity (Wildman–Crippen MR) is 156 cm³/mol. The molecule has 5 aromatic rings. The molecule has 0 spiro atoms. The molecule has 1 radical (unpaired) electrons. The van der Waals surface area contributed by atoms with E-state index in [-0.39, 0.29) is 42.5 Å². The minimum absolute atomic E-state index is 0. The van der Waals surface area contributed by atoms with E-state index in [9.17, 15) is 4.79 Å². The van der Waals surface area contributed by atoms with E-state index >= 15 is 0 Å². The standard InChI is InChI=1S/C29H26NO.C5H8O2.Ir/c1-28(2)11-12-29(3,4)24-17-26-22(16-23(24)28)21-15-20-19(14-25(21)31-26)10-13-30-27(20)18-8-6-5-7-9-18;1-4(6)3-5(2)7;/h5-8,10,13-17H,11-12H2,1-4H3;3,6H,1-2H3;/q-1;;/b;4-3-;. The van der Waals surface area contributed by atoms with Gasteiger partial charge in [0.1, 0.15) is 11.2 Å². The van der Waals surface area contributed by atoms with Crippen LogP contribution < -0.4 is 0 Å². The second kappa shape index (κ2) is 10.7. The summed E-state index contributed by atoms with van der Waals surface area (Å²) >= 11 is 0. The van der Waals surface area contributed by atoms with Gasteiger partial charge in [0.15, 0.2) is 5.78 Å². The molecular formula is C34H34IrNO3-. The molecule has 0 bridgehead atoms. The molecule has 2 aromatic heterocycles. The van der Waals surface area contributed by atoms with Gasteiger partial charge in [0.05, 0.1) is 5.76 Å². The van der Waals surface area contributed by atoms with Gasteiger partial charge in [-0.25, -0.2) is 0 Å². The molecule has 1 N–H and O–H groups in total. The van der Waals surface area contributed by atoms with Gasteiger partial charge in [-0.2, -0.15) is 0 Å². The van der Waals surface area contributed by atoms with E-state index in [0.717, 1.165) is 38.6 Å². The van der Waals surface area contributed by atoms with E-state index in [4.69, 9.17) is 14.5 Å². The number of pyridine rings is 1. The first-order valence-corrected chi connectivity index (χ1v) is 13.1. The van der Waals surface area contributed by atoms with E-state index in [1.54, 1.807) is 0 Å². The van der Waals surface area contributed by atoms with Gasteiger partial charge in [-0.15, -0.1) is 35.9 Å². The summed E-state index contributed by atoms with van der Waals surface area (Å²) in [5, 5.41) is 13.0. The molecule has 2 heterocycles. The third kappa shape index (κ3) is 5.57. The summed E-state index contributed by atoms with van der Waals surface area (Å²) in [4.78, 5) is 14.7. The number of allylic oxidation sites excluding steroid dienone is 2. The molecule has 0 atom stereocenters. The zero-order valence-corrected chi connectivity index (χ0v) is 25.7. The van der Waals surface area contributed by atoms with Crippen molar-refractivity contribution in [3.05, 3.63) is 89.8 Å². The van der Waals surface area contributed by atoms with Crippen LogP contribution in [0.3, 0.4) is 0 Å². The minimum atomic E-state index is -0.125. The number of aliphatic hydroxyl groups excluding tert-OH is 1. The fraction of sp³-hybridized carbons (Fsp3) is 0.294. The maximum atomic E-state index is 10.0. The van der Waals surface area contributed by atoms with Crippen molar-refractivity contribution in [3.8, 4) is 11.3 Å². The SMILES string of the molecule is CC(=O)/C=C(/C)O.CC1(C)CCC(C)(C)c2cc3c(cc21)oc1cc2ccnc(-c4[c-]cccc4)c2cc13.[Ir]. The molecule has 0 amide bonds. The summed E-state index contributed by atoms with van der Waals surface area (Å²) in [7, 11) is 0. The normalized spacial score (nSPS) is 15.8. The number of fused-ring (bicyclic) bond motifs is 5. The number of ketones is 1. The third-order valence-corrected chi connectivity index (χ3v) is 7.70. The number of aliphatic hydroxyl groups is 1. The summed E-state index contributed by atoms with van der Waals surface area (Å²) in [6.07, 6.45) is 5.44. The van der Waals surface area contributed by atoms with Gasteiger partial charge >= 0.3 is 0 Å². The summed E-state index contributed by atoms with van der Waals surface area (Å²) in [5.74, 6) is -0.0625. The van der Waals surface area contributed by atoms with E-state index in [2.05, 4.69) is 70.2 Å². The Kier molecular flexibility index (Phi) is 7.89. The van der Waals surface area contributed by atoms with E-state index in [1.165, 1.54) is 49.3 Å². The summed E-state index contributed by atoms with van der Waals surface area (Å²) < 4.78 is 6.41. The van der Waals surface area contributed by atoms with Crippen molar-refractivity contribution in [2.75, 3.05) is 0 Å². The van der Waals surface area contributed by atoms with Crippen LogP contribution in [0.25, 0.3) is 44.0 Å². The number of carbonyl (C=O) groups is 1. The number of hydrogen-bond donors (Lipinski definition) is 1. The van der Waals surface area contributed by atoms with Crippen molar-refractivity contribution in [2.45, 2.75) is 65.2 Å². The molecule has 0 unspecified atom stereocenters. The zero-order chi connectivity index (χ0) is 27.2. The Labute approximate surface area is 243 Å². The topological polar surface area (TPSA) is 63.3 Å². The molecule has 5 heteroatoms. The summed E-state index contributed by atoms with van der Waals surface area (Å²) in [6, 6.07) is 22.5. The molecule has 203 valence electrons. The van der Waals surface area contributed by atoms with Crippen LogP contribution >= 0.6 is 0 Å². The fourth-order valence-corrected chi connectivity index (χ4v) is 5.55. The smallest absolute Gasteiger partial charge is 0.155 e. The average molecular weight is 697 g/mol. The molecule has 6 rings (SSSR count). The molecular weight excluding hydrogens is 663 g/mol. The molecule has 1 aliphatic rings. The molecule has 39 heavy (non-hydrogen) atoms. The Hall–Kier alpha value is -3.27. The Bertz CT molecular complexity index is 1710. The van der Waals surface area contributed by atoms with Crippen molar-refractivity contribution in [2.24, 2.45) is 0 Å². The van der Waals surface area contributed by atoms with E-state index in [1.807, 2.05) is 24.4 Å². The summed E-state index contributed by atoms with van der Waals surface area (Å²) in [5.41, 5.74) is 7.14. The van der Waals surface area contributed by atoms with Crippen LogP contribution in [0.2, 0.25) is 0 Å². The van der Waals surface area contributed by atoms with E-state index in [0.29, 0.717) is 0 Å². The van der Waals surface area contributed by atoms with Crippen molar-refractivity contribution in [1.29, 1.82) is 0 Å². The Morgan fingerprint density at radius 1 is 0.923 bits per heavy atom. The second-order valence-corrected chi connectivity index (χ2v) is 11.7. The molecule has 1 aliphatic carbocycles. The van der Waals surface area contributed by atoms with Crippen LogP contribution in [0.1, 0.15) is 65.5 Å². The van der Waals surface area contributed by atoms with E-state index < -0.39 is 0 Å². The van der Waals surface area contributed by atoms with Gasteiger partial charge in [0.2, 0.25) is 0 Å².